The highest BCUT2D eigenvalue weighted by atomic mass is 32.2. The third kappa shape index (κ3) is 2.53. The smallest absolute Gasteiger partial charge is 0.375 e. The molecule has 1 aliphatic heterocycles. The van der Waals surface area contributed by atoms with E-state index < -0.39 is 29.3 Å². The number of hydrogen-bond donors (Lipinski definition) is 0. The third-order valence-electron chi connectivity index (χ3n) is 2.74. The Kier molecular flexibility index (Phi) is 3.99. The molecule has 1 atom stereocenters. The summed E-state index contributed by atoms with van der Waals surface area (Å²) < 4.78 is 18.1. The number of hydrogen-bond acceptors (Lipinski definition) is 5. The minimum absolute atomic E-state index is 0.0599. The normalized spacial score (nSPS) is 17.8. The van der Waals surface area contributed by atoms with Gasteiger partial charge in [-0.3, -0.25) is 9.59 Å². The second kappa shape index (κ2) is 5.52. The summed E-state index contributed by atoms with van der Waals surface area (Å²) in [6.45, 7) is 1.65. The first-order chi connectivity index (χ1) is 9.06. The minimum Gasteiger partial charge on any atom is -0.460 e. The molecule has 1 aromatic carbocycles. The van der Waals surface area contributed by atoms with Crippen molar-refractivity contribution in [3.63, 3.8) is 0 Å². The predicted molar refractivity (Wildman–Crippen MR) is 66.6 cm³/mol. The van der Waals surface area contributed by atoms with Gasteiger partial charge >= 0.3 is 5.97 Å². The Labute approximate surface area is 113 Å². The van der Waals surface area contributed by atoms with Crippen LogP contribution in [0.2, 0.25) is 0 Å². The Morgan fingerprint density at radius 2 is 2.21 bits per heavy atom. The number of ketones is 2. The quantitative estimate of drug-likeness (QED) is 0.481. The highest BCUT2D eigenvalue weighted by Crippen LogP contribution is 2.35. The van der Waals surface area contributed by atoms with E-state index in [9.17, 15) is 18.8 Å². The Bertz CT molecular complexity index is 556. The van der Waals surface area contributed by atoms with Gasteiger partial charge in [0.2, 0.25) is 0 Å². The van der Waals surface area contributed by atoms with Crippen molar-refractivity contribution in [3.05, 3.63) is 29.6 Å². The molecule has 1 aromatic rings. The van der Waals surface area contributed by atoms with E-state index in [4.69, 9.17) is 0 Å². The standard InChI is InChI=1S/C13H11FO4S/c1-2-18-13(17)11(16)8-6-19-12-7(10(8)15)4-3-5-9(12)14/h3-5,8H,2,6H2,1H3. The number of carbonyl (C=O) groups excluding carboxylic acids is 3. The molecule has 0 bridgehead atoms. The summed E-state index contributed by atoms with van der Waals surface area (Å²) in [6, 6.07) is 4.12. The number of halogens is 1. The maximum atomic E-state index is 13.5. The Balaban J connectivity index is 2.27. The van der Waals surface area contributed by atoms with Crippen LogP contribution in [0, 0.1) is 11.7 Å². The Morgan fingerprint density at radius 3 is 2.89 bits per heavy atom. The summed E-state index contributed by atoms with van der Waals surface area (Å²) in [6.07, 6.45) is 0. The molecule has 0 fully saturated rings. The van der Waals surface area contributed by atoms with Gasteiger partial charge < -0.3 is 4.74 Å². The largest absolute Gasteiger partial charge is 0.460 e. The molecule has 6 heteroatoms. The van der Waals surface area contributed by atoms with Gasteiger partial charge in [-0.15, -0.1) is 11.8 Å². The monoisotopic (exact) mass is 282 g/mol. The number of thioether (sulfide) groups is 1. The molecule has 0 radical (unpaired) electrons. The first-order valence-corrected chi connectivity index (χ1v) is 6.71. The minimum atomic E-state index is -1.08. The van der Waals surface area contributed by atoms with Crippen molar-refractivity contribution in [1.82, 2.24) is 0 Å². The van der Waals surface area contributed by atoms with E-state index in [1.807, 2.05) is 0 Å². The van der Waals surface area contributed by atoms with Crippen LogP contribution in [0.25, 0.3) is 0 Å². The number of ether oxygens (including phenoxy) is 1. The van der Waals surface area contributed by atoms with Crippen molar-refractivity contribution in [2.75, 3.05) is 12.4 Å². The summed E-state index contributed by atoms with van der Waals surface area (Å²) in [7, 11) is 0. The zero-order valence-corrected chi connectivity index (χ0v) is 11.0. The molecule has 0 saturated carbocycles. The summed E-state index contributed by atoms with van der Waals surface area (Å²) in [5.74, 6) is -3.91. The van der Waals surface area contributed by atoms with Crippen LogP contribution in [0.3, 0.4) is 0 Å². The lowest BCUT2D eigenvalue weighted by atomic mass is 9.94. The summed E-state index contributed by atoms with van der Waals surface area (Å²) in [5, 5.41) is 0. The lowest BCUT2D eigenvalue weighted by molar-refractivity contribution is -0.154. The fraction of sp³-hybridized carbons (Fsp3) is 0.308. The second-order valence-corrected chi connectivity index (χ2v) is 4.96. The summed E-state index contributed by atoms with van der Waals surface area (Å²) in [4.78, 5) is 35.5. The van der Waals surface area contributed by atoms with Crippen LogP contribution in [-0.2, 0) is 14.3 Å². The molecular formula is C13H11FO4S. The first-order valence-electron chi connectivity index (χ1n) is 5.72. The van der Waals surface area contributed by atoms with E-state index in [0.717, 1.165) is 11.8 Å². The number of benzene rings is 1. The van der Waals surface area contributed by atoms with Crippen LogP contribution in [0.15, 0.2) is 23.1 Å². The van der Waals surface area contributed by atoms with Crippen molar-refractivity contribution in [2.24, 2.45) is 5.92 Å². The van der Waals surface area contributed by atoms with Gasteiger partial charge in [-0.25, -0.2) is 9.18 Å². The number of esters is 1. The SMILES string of the molecule is CCOC(=O)C(=O)C1CSc2c(F)cccc2C1=O. The van der Waals surface area contributed by atoms with Crippen molar-refractivity contribution in [2.45, 2.75) is 11.8 Å². The summed E-state index contributed by atoms with van der Waals surface area (Å²) in [5.41, 5.74) is 0.152. The van der Waals surface area contributed by atoms with Crippen molar-refractivity contribution < 1.29 is 23.5 Å². The van der Waals surface area contributed by atoms with Gasteiger partial charge in [0.25, 0.3) is 5.78 Å². The van der Waals surface area contributed by atoms with E-state index in [0.29, 0.717) is 0 Å². The number of Topliss-reactive ketones (excluding diaryl/α,β-unsaturated/α-hetero) is 2. The van der Waals surface area contributed by atoms with Crippen LogP contribution < -0.4 is 0 Å². The van der Waals surface area contributed by atoms with Gasteiger partial charge in [-0.05, 0) is 13.0 Å². The number of carbonyl (C=O) groups is 3. The zero-order chi connectivity index (χ0) is 14.0. The van der Waals surface area contributed by atoms with Crippen LogP contribution in [0.1, 0.15) is 17.3 Å². The fourth-order valence-corrected chi connectivity index (χ4v) is 2.99. The molecule has 1 heterocycles. The predicted octanol–water partition coefficient (Wildman–Crippen LogP) is 1.86. The van der Waals surface area contributed by atoms with Crippen LogP contribution in [0.4, 0.5) is 4.39 Å². The summed E-state index contributed by atoms with van der Waals surface area (Å²) >= 11 is 1.07. The zero-order valence-electron chi connectivity index (χ0n) is 10.1. The van der Waals surface area contributed by atoms with Gasteiger partial charge in [0.05, 0.1) is 11.5 Å². The molecule has 0 spiro atoms. The molecule has 1 aliphatic rings. The van der Waals surface area contributed by atoms with Crippen molar-refractivity contribution in [1.29, 1.82) is 0 Å². The molecule has 0 amide bonds. The van der Waals surface area contributed by atoms with E-state index >= 15 is 0 Å². The van der Waals surface area contributed by atoms with Gasteiger partial charge in [-0.2, -0.15) is 0 Å². The first kappa shape index (κ1) is 13.7. The van der Waals surface area contributed by atoms with Crippen molar-refractivity contribution in [3.8, 4) is 0 Å². The molecular weight excluding hydrogens is 271 g/mol. The van der Waals surface area contributed by atoms with E-state index in [1.54, 1.807) is 6.92 Å². The van der Waals surface area contributed by atoms with E-state index in [2.05, 4.69) is 4.74 Å². The average molecular weight is 282 g/mol. The second-order valence-electron chi connectivity index (χ2n) is 3.93. The number of rotatable bonds is 3. The van der Waals surface area contributed by atoms with Crippen LogP contribution in [-0.4, -0.2) is 29.9 Å². The maximum Gasteiger partial charge on any atom is 0.375 e. The topological polar surface area (TPSA) is 60.4 Å². The lowest BCUT2D eigenvalue weighted by Gasteiger charge is -2.21. The average Bonchev–Trinajstić information content (AvgIpc) is 2.40. The Hall–Kier alpha value is -1.69. The Morgan fingerprint density at radius 1 is 1.47 bits per heavy atom. The molecule has 0 aliphatic carbocycles. The van der Waals surface area contributed by atoms with E-state index in [-0.39, 0.29) is 22.8 Å². The molecule has 2 rings (SSSR count). The highest BCUT2D eigenvalue weighted by molar-refractivity contribution is 7.99. The van der Waals surface area contributed by atoms with Gasteiger partial charge in [0.1, 0.15) is 11.7 Å². The van der Waals surface area contributed by atoms with Crippen LogP contribution in [0.5, 0.6) is 0 Å². The molecule has 0 aromatic heterocycles. The molecule has 0 N–H and O–H groups in total. The van der Waals surface area contributed by atoms with Gasteiger partial charge in [0.15, 0.2) is 5.78 Å². The number of fused-ring (bicyclic) bond motifs is 1. The highest BCUT2D eigenvalue weighted by Gasteiger charge is 2.38. The van der Waals surface area contributed by atoms with Gasteiger partial charge in [0, 0.05) is 11.3 Å². The van der Waals surface area contributed by atoms with E-state index in [1.165, 1.54) is 18.2 Å². The molecule has 100 valence electrons. The fourth-order valence-electron chi connectivity index (χ4n) is 1.82. The molecule has 1 unspecified atom stereocenters. The van der Waals surface area contributed by atoms with Gasteiger partial charge in [-0.1, -0.05) is 12.1 Å². The lowest BCUT2D eigenvalue weighted by Crippen LogP contribution is -2.35. The molecule has 4 nitrogen and oxygen atoms in total. The third-order valence-corrected chi connectivity index (χ3v) is 3.94. The maximum absolute atomic E-state index is 13.5. The molecule has 0 saturated heterocycles. The molecule has 19 heavy (non-hydrogen) atoms. The van der Waals surface area contributed by atoms with Crippen LogP contribution >= 0.6 is 11.8 Å². The van der Waals surface area contributed by atoms with Crippen molar-refractivity contribution >= 4 is 29.3 Å².